The van der Waals surface area contributed by atoms with Crippen LogP contribution in [0.4, 0.5) is 16.2 Å². The minimum Gasteiger partial charge on any atom is -0.486 e. The van der Waals surface area contributed by atoms with Gasteiger partial charge in [-0.1, -0.05) is 24.6 Å². The monoisotopic (exact) mass is 362 g/mol. The molecule has 24 heavy (non-hydrogen) atoms. The van der Waals surface area contributed by atoms with Gasteiger partial charge in [-0.25, -0.2) is 4.79 Å². The number of fused-ring (bicyclic) bond motifs is 1. The molecule has 0 spiro atoms. The Labute approximate surface area is 151 Å². The Morgan fingerprint density at radius 2 is 2.21 bits per heavy atom. The zero-order valence-electron chi connectivity index (χ0n) is 13.6. The van der Waals surface area contributed by atoms with Gasteiger partial charge in [-0.3, -0.25) is 4.90 Å². The summed E-state index contributed by atoms with van der Waals surface area (Å²) in [7, 11) is 0. The molecule has 0 bridgehead atoms. The Bertz CT molecular complexity index is 754. The van der Waals surface area contributed by atoms with E-state index in [9.17, 15) is 4.79 Å². The van der Waals surface area contributed by atoms with E-state index >= 15 is 0 Å². The molecule has 2 amide bonds. The van der Waals surface area contributed by atoms with E-state index in [4.69, 9.17) is 16.3 Å². The van der Waals surface area contributed by atoms with Crippen molar-refractivity contribution < 1.29 is 9.53 Å². The maximum Gasteiger partial charge on any atom is 0.326 e. The van der Waals surface area contributed by atoms with E-state index in [0.717, 1.165) is 17.0 Å². The van der Waals surface area contributed by atoms with Crippen LogP contribution < -0.4 is 15.0 Å². The summed E-state index contributed by atoms with van der Waals surface area (Å²) < 4.78 is 5.92. The molecule has 1 atom stereocenters. The molecular weight excluding hydrogens is 344 g/mol. The molecule has 126 valence electrons. The van der Waals surface area contributed by atoms with E-state index in [-0.39, 0.29) is 12.1 Å². The number of rotatable bonds is 3. The lowest BCUT2D eigenvalue weighted by molar-refractivity contribution is 0.188. The number of ether oxygens (including phenoxy) is 1. The van der Waals surface area contributed by atoms with Crippen LogP contribution in [0, 0.1) is 0 Å². The maximum atomic E-state index is 12.8. The van der Waals surface area contributed by atoms with Gasteiger partial charge in [-0.05, 0) is 49.1 Å². The summed E-state index contributed by atoms with van der Waals surface area (Å²) in [6, 6.07) is 13.0. The number of benzene rings is 2. The third-order valence-electron chi connectivity index (χ3n) is 3.91. The first-order chi connectivity index (χ1) is 11.6. The van der Waals surface area contributed by atoms with Crippen molar-refractivity contribution in [3.8, 4) is 5.75 Å². The van der Waals surface area contributed by atoms with E-state index < -0.39 is 0 Å². The SMILES string of the molecule is CC[C@H]1CN(C(=O)Nc2cccc(SC)c2)c2cc(Cl)ccc2O1. The third kappa shape index (κ3) is 3.62. The highest BCUT2D eigenvalue weighted by Crippen LogP contribution is 2.36. The highest BCUT2D eigenvalue weighted by Gasteiger charge is 2.29. The molecule has 0 saturated heterocycles. The van der Waals surface area contributed by atoms with E-state index in [2.05, 4.69) is 5.32 Å². The number of nitrogens with one attached hydrogen (secondary N) is 1. The first kappa shape index (κ1) is 17.0. The van der Waals surface area contributed by atoms with Crippen molar-refractivity contribution in [1.82, 2.24) is 0 Å². The molecule has 1 N–H and O–H groups in total. The fraction of sp³-hybridized carbons (Fsp3) is 0.278. The maximum absolute atomic E-state index is 12.8. The fourth-order valence-corrected chi connectivity index (χ4v) is 3.24. The van der Waals surface area contributed by atoms with Crippen molar-refractivity contribution in [3.05, 3.63) is 47.5 Å². The van der Waals surface area contributed by atoms with E-state index in [0.29, 0.717) is 23.0 Å². The standard InChI is InChI=1S/C18H19ClN2O2S/c1-3-14-11-21(16-9-12(19)7-8-17(16)23-14)18(22)20-13-5-4-6-15(10-13)24-2/h4-10,14H,3,11H2,1-2H3,(H,20,22)/t14-/m0/s1. The topological polar surface area (TPSA) is 41.6 Å². The molecule has 0 saturated carbocycles. The van der Waals surface area contributed by atoms with Crippen LogP contribution >= 0.6 is 23.4 Å². The predicted molar refractivity (Wildman–Crippen MR) is 101 cm³/mol. The summed E-state index contributed by atoms with van der Waals surface area (Å²) in [6.45, 7) is 2.54. The van der Waals surface area contributed by atoms with Gasteiger partial charge >= 0.3 is 6.03 Å². The number of hydrogen-bond donors (Lipinski definition) is 1. The highest BCUT2D eigenvalue weighted by molar-refractivity contribution is 7.98. The van der Waals surface area contributed by atoms with Gasteiger partial charge < -0.3 is 10.1 Å². The highest BCUT2D eigenvalue weighted by atomic mass is 35.5. The lowest BCUT2D eigenvalue weighted by Gasteiger charge is -2.34. The molecule has 2 aromatic carbocycles. The summed E-state index contributed by atoms with van der Waals surface area (Å²) in [5.41, 5.74) is 1.47. The zero-order chi connectivity index (χ0) is 17.1. The number of halogens is 1. The Hall–Kier alpha value is -1.85. The number of anilines is 2. The summed E-state index contributed by atoms with van der Waals surface area (Å²) >= 11 is 7.74. The van der Waals surface area contributed by atoms with E-state index in [1.165, 1.54) is 0 Å². The van der Waals surface area contributed by atoms with Gasteiger partial charge in [-0.2, -0.15) is 0 Å². The first-order valence-corrected chi connectivity index (χ1v) is 9.39. The van der Waals surface area contributed by atoms with Gasteiger partial charge in [0, 0.05) is 15.6 Å². The van der Waals surface area contributed by atoms with Crippen LogP contribution in [-0.2, 0) is 0 Å². The van der Waals surface area contributed by atoms with Gasteiger partial charge in [-0.15, -0.1) is 11.8 Å². The lowest BCUT2D eigenvalue weighted by Crippen LogP contribution is -2.45. The summed E-state index contributed by atoms with van der Waals surface area (Å²) in [5.74, 6) is 0.686. The lowest BCUT2D eigenvalue weighted by atomic mass is 10.1. The fourth-order valence-electron chi connectivity index (χ4n) is 2.62. The van der Waals surface area contributed by atoms with E-state index in [1.54, 1.807) is 28.8 Å². The molecule has 0 aromatic heterocycles. The van der Waals surface area contributed by atoms with Crippen molar-refractivity contribution in [3.63, 3.8) is 0 Å². The minimum atomic E-state index is -0.182. The predicted octanol–water partition coefficient (Wildman–Crippen LogP) is 5.27. The average Bonchev–Trinajstić information content (AvgIpc) is 2.60. The number of carbonyl (C=O) groups excluding carboxylic acids is 1. The van der Waals surface area contributed by atoms with Crippen LogP contribution in [0.2, 0.25) is 5.02 Å². The van der Waals surface area contributed by atoms with Crippen LogP contribution in [0.25, 0.3) is 0 Å². The Kier molecular flexibility index (Phi) is 5.21. The molecule has 4 nitrogen and oxygen atoms in total. The summed E-state index contributed by atoms with van der Waals surface area (Å²) in [5, 5.41) is 3.54. The average molecular weight is 363 g/mol. The minimum absolute atomic E-state index is 0.0260. The van der Waals surface area contributed by atoms with Gasteiger partial charge in [0.25, 0.3) is 0 Å². The zero-order valence-corrected chi connectivity index (χ0v) is 15.2. The van der Waals surface area contributed by atoms with Crippen LogP contribution in [0.1, 0.15) is 13.3 Å². The number of urea groups is 1. The molecule has 0 fully saturated rings. The number of hydrogen-bond acceptors (Lipinski definition) is 3. The molecule has 6 heteroatoms. The van der Waals surface area contributed by atoms with Gasteiger partial charge in [0.15, 0.2) is 0 Å². The van der Waals surface area contributed by atoms with Crippen LogP contribution in [0.5, 0.6) is 5.75 Å². The molecule has 0 aliphatic carbocycles. The number of carbonyl (C=O) groups is 1. The van der Waals surface area contributed by atoms with Crippen molar-refractivity contribution in [1.29, 1.82) is 0 Å². The molecule has 3 rings (SSSR count). The number of nitrogens with zero attached hydrogens (tertiary/aromatic N) is 1. The Morgan fingerprint density at radius 1 is 1.38 bits per heavy atom. The summed E-state index contributed by atoms with van der Waals surface area (Å²) in [4.78, 5) is 15.6. The van der Waals surface area contributed by atoms with E-state index in [1.807, 2.05) is 43.5 Å². The third-order valence-corrected chi connectivity index (χ3v) is 4.87. The molecule has 1 aliphatic rings. The Balaban J connectivity index is 1.87. The second-order valence-corrected chi connectivity index (χ2v) is 6.85. The smallest absolute Gasteiger partial charge is 0.326 e. The van der Waals surface area contributed by atoms with Gasteiger partial charge in [0.05, 0.1) is 12.2 Å². The van der Waals surface area contributed by atoms with Gasteiger partial charge in [0.2, 0.25) is 0 Å². The van der Waals surface area contributed by atoms with Crippen LogP contribution in [0.15, 0.2) is 47.4 Å². The van der Waals surface area contributed by atoms with Crippen molar-refractivity contribution in [2.45, 2.75) is 24.3 Å². The largest absolute Gasteiger partial charge is 0.486 e. The normalized spacial score (nSPS) is 16.3. The molecule has 1 heterocycles. The quantitative estimate of drug-likeness (QED) is 0.756. The van der Waals surface area contributed by atoms with Crippen LogP contribution in [0.3, 0.4) is 0 Å². The second-order valence-electron chi connectivity index (χ2n) is 5.53. The number of amides is 2. The van der Waals surface area contributed by atoms with Gasteiger partial charge in [0.1, 0.15) is 11.9 Å². The molecule has 1 aliphatic heterocycles. The number of thioether (sulfide) groups is 1. The van der Waals surface area contributed by atoms with Crippen molar-refractivity contribution >= 4 is 40.8 Å². The van der Waals surface area contributed by atoms with Crippen molar-refractivity contribution in [2.75, 3.05) is 23.0 Å². The molecule has 0 radical (unpaired) electrons. The first-order valence-electron chi connectivity index (χ1n) is 7.79. The molecule has 2 aromatic rings. The second kappa shape index (κ2) is 7.36. The van der Waals surface area contributed by atoms with Crippen molar-refractivity contribution in [2.24, 2.45) is 0 Å². The van der Waals surface area contributed by atoms with Crippen LogP contribution in [-0.4, -0.2) is 24.9 Å². The summed E-state index contributed by atoms with van der Waals surface area (Å²) in [6.07, 6.45) is 2.81. The molecule has 0 unspecified atom stereocenters. The molecular formula is C18H19ClN2O2S. The Morgan fingerprint density at radius 3 is 2.96 bits per heavy atom.